The lowest BCUT2D eigenvalue weighted by atomic mass is 10.1. The number of hydrogen-bond donors (Lipinski definition) is 1. The summed E-state index contributed by atoms with van der Waals surface area (Å²) >= 11 is 12.0. The molecule has 2 aromatic rings. The Bertz CT molecular complexity index is 1130. The highest BCUT2D eigenvalue weighted by molar-refractivity contribution is 7.92. The first kappa shape index (κ1) is 28.9. The predicted molar refractivity (Wildman–Crippen MR) is 142 cm³/mol. The summed E-state index contributed by atoms with van der Waals surface area (Å²) in [6.45, 7) is 7.61. The van der Waals surface area contributed by atoms with Gasteiger partial charge in [0.25, 0.3) is 0 Å². The second-order valence-electron chi connectivity index (χ2n) is 9.48. The van der Waals surface area contributed by atoms with Crippen LogP contribution in [0.3, 0.4) is 0 Å². The van der Waals surface area contributed by atoms with Crippen LogP contribution in [0, 0.1) is 0 Å². The molecule has 2 amide bonds. The summed E-state index contributed by atoms with van der Waals surface area (Å²) in [6, 6.07) is 12.9. The predicted octanol–water partition coefficient (Wildman–Crippen LogP) is 4.87. The first-order valence-electron chi connectivity index (χ1n) is 11.3. The number of nitrogens with zero attached hydrogens (tertiary/aromatic N) is 2. The molecule has 0 aliphatic rings. The van der Waals surface area contributed by atoms with Gasteiger partial charge in [0.15, 0.2) is 0 Å². The Kier molecular flexibility index (Phi) is 10.0. The van der Waals surface area contributed by atoms with Crippen molar-refractivity contribution in [2.45, 2.75) is 58.7 Å². The van der Waals surface area contributed by atoms with E-state index < -0.39 is 21.6 Å². The Morgan fingerprint density at radius 2 is 1.66 bits per heavy atom. The van der Waals surface area contributed by atoms with Gasteiger partial charge < -0.3 is 10.2 Å². The van der Waals surface area contributed by atoms with Crippen molar-refractivity contribution < 1.29 is 18.0 Å². The minimum atomic E-state index is -3.57. The van der Waals surface area contributed by atoms with Crippen molar-refractivity contribution in [1.82, 2.24) is 10.2 Å². The molecule has 1 unspecified atom stereocenters. The number of hydrogen-bond acceptors (Lipinski definition) is 4. The van der Waals surface area contributed by atoms with E-state index >= 15 is 0 Å². The maximum atomic E-state index is 13.3. The van der Waals surface area contributed by atoms with Crippen LogP contribution in [0.2, 0.25) is 10.0 Å². The van der Waals surface area contributed by atoms with E-state index in [0.29, 0.717) is 15.7 Å². The fourth-order valence-electron chi connectivity index (χ4n) is 3.50. The summed E-state index contributed by atoms with van der Waals surface area (Å²) in [5.41, 5.74) is 0.809. The molecule has 0 spiro atoms. The highest BCUT2D eigenvalue weighted by Gasteiger charge is 2.28. The Morgan fingerprint density at radius 3 is 2.20 bits per heavy atom. The van der Waals surface area contributed by atoms with Gasteiger partial charge in [-0.3, -0.25) is 13.9 Å². The largest absolute Gasteiger partial charge is 0.350 e. The number of benzene rings is 2. The van der Waals surface area contributed by atoms with Crippen LogP contribution in [0.4, 0.5) is 5.69 Å². The van der Waals surface area contributed by atoms with Crippen LogP contribution in [0.15, 0.2) is 48.5 Å². The molecule has 7 nitrogen and oxygen atoms in total. The number of amides is 2. The Labute approximate surface area is 218 Å². The van der Waals surface area contributed by atoms with Crippen molar-refractivity contribution in [3.05, 3.63) is 64.1 Å². The van der Waals surface area contributed by atoms with Crippen LogP contribution < -0.4 is 9.62 Å². The van der Waals surface area contributed by atoms with Crippen LogP contribution in [0.1, 0.15) is 46.1 Å². The van der Waals surface area contributed by atoms with Gasteiger partial charge in [-0.25, -0.2) is 8.42 Å². The van der Waals surface area contributed by atoms with Crippen molar-refractivity contribution in [2.75, 3.05) is 17.1 Å². The van der Waals surface area contributed by atoms with Gasteiger partial charge in [0, 0.05) is 35.1 Å². The molecule has 35 heavy (non-hydrogen) atoms. The zero-order chi connectivity index (χ0) is 26.4. The van der Waals surface area contributed by atoms with E-state index in [0.717, 1.165) is 11.8 Å². The number of sulfonamides is 1. The van der Waals surface area contributed by atoms with Gasteiger partial charge in [-0.2, -0.15) is 0 Å². The third-order valence-corrected chi connectivity index (χ3v) is 6.86. The first-order valence-corrected chi connectivity index (χ1v) is 13.9. The van der Waals surface area contributed by atoms with Gasteiger partial charge in [-0.1, -0.05) is 35.3 Å². The molecule has 0 fully saturated rings. The highest BCUT2D eigenvalue weighted by atomic mass is 35.5. The lowest BCUT2D eigenvalue weighted by Crippen LogP contribution is -2.52. The van der Waals surface area contributed by atoms with E-state index in [1.807, 2.05) is 26.8 Å². The molecule has 1 N–H and O–H groups in total. The summed E-state index contributed by atoms with van der Waals surface area (Å²) in [5.74, 6) is -0.530. The van der Waals surface area contributed by atoms with Crippen molar-refractivity contribution >= 4 is 50.7 Å². The minimum absolute atomic E-state index is 0.0628. The molecule has 0 heterocycles. The Morgan fingerprint density at radius 1 is 1.03 bits per heavy atom. The van der Waals surface area contributed by atoms with Gasteiger partial charge in [0.05, 0.1) is 11.9 Å². The Hall–Kier alpha value is -2.29. The van der Waals surface area contributed by atoms with Crippen molar-refractivity contribution in [2.24, 2.45) is 0 Å². The maximum Gasteiger partial charge on any atom is 0.242 e. The van der Waals surface area contributed by atoms with E-state index in [1.165, 1.54) is 9.21 Å². The van der Waals surface area contributed by atoms with E-state index in [9.17, 15) is 18.0 Å². The fraction of sp³-hybridized carbons (Fsp3) is 0.440. The number of carbonyl (C=O) groups is 2. The summed E-state index contributed by atoms with van der Waals surface area (Å²) in [7, 11) is -3.57. The smallest absolute Gasteiger partial charge is 0.242 e. The lowest BCUT2D eigenvalue weighted by molar-refractivity contribution is -0.141. The maximum absolute atomic E-state index is 13.3. The number of anilines is 1. The molecule has 192 valence electrons. The second kappa shape index (κ2) is 12.1. The molecule has 10 heteroatoms. The van der Waals surface area contributed by atoms with Crippen molar-refractivity contribution in [3.8, 4) is 0 Å². The molecule has 0 bridgehead atoms. The van der Waals surface area contributed by atoms with Gasteiger partial charge in [-0.15, -0.1) is 0 Å². The van der Waals surface area contributed by atoms with Gasteiger partial charge in [0.1, 0.15) is 6.04 Å². The van der Waals surface area contributed by atoms with E-state index in [1.54, 1.807) is 49.4 Å². The monoisotopic (exact) mass is 541 g/mol. The average molecular weight is 543 g/mol. The number of carbonyl (C=O) groups excluding carboxylic acids is 2. The van der Waals surface area contributed by atoms with Crippen LogP contribution in [0.5, 0.6) is 0 Å². The SMILES string of the molecule is CC(C(=O)NC(C)(C)C)N(Cc1cccc(Cl)c1)C(=O)CCCN(c1ccc(Cl)cc1)S(C)(=O)=O. The van der Waals surface area contributed by atoms with Gasteiger partial charge in [0.2, 0.25) is 21.8 Å². The zero-order valence-electron chi connectivity index (χ0n) is 20.7. The minimum Gasteiger partial charge on any atom is -0.350 e. The summed E-state index contributed by atoms with van der Waals surface area (Å²) in [5, 5.41) is 3.95. The molecule has 0 radical (unpaired) electrons. The molecule has 1 atom stereocenters. The third-order valence-electron chi connectivity index (χ3n) is 5.17. The summed E-state index contributed by atoms with van der Waals surface area (Å²) < 4.78 is 26.0. The topological polar surface area (TPSA) is 86.8 Å². The molecule has 0 saturated heterocycles. The molecule has 0 aliphatic heterocycles. The third kappa shape index (κ3) is 9.35. The molecule has 0 aromatic heterocycles. The first-order chi connectivity index (χ1) is 16.2. The van der Waals surface area contributed by atoms with Crippen LogP contribution in [-0.4, -0.2) is 49.5 Å². The molecular formula is C25H33Cl2N3O4S. The molecule has 2 aromatic carbocycles. The van der Waals surface area contributed by atoms with Crippen molar-refractivity contribution in [1.29, 1.82) is 0 Å². The zero-order valence-corrected chi connectivity index (χ0v) is 23.0. The van der Waals surface area contributed by atoms with E-state index in [-0.39, 0.29) is 37.7 Å². The Balaban J connectivity index is 2.18. The number of halogens is 2. The number of nitrogens with one attached hydrogen (secondary N) is 1. The quantitative estimate of drug-likeness (QED) is 0.464. The fourth-order valence-corrected chi connectivity index (χ4v) is 4.80. The van der Waals surface area contributed by atoms with Crippen molar-refractivity contribution in [3.63, 3.8) is 0 Å². The van der Waals surface area contributed by atoms with Crippen LogP contribution >= 0.6 is 23.2 Å². The summed E-state index contributed by atoms with van der Waals surface area (Å²) in [6.07, 6.45) is 1.45. The second-order valence-corrected chi connectivity index (χ2v) is 12.3. The summed E-state index contributed by atoms with van der Waals surface area (Å²) in [4.78, 5) is 27.6. The molecular weight excluding hydrogens is 509 g/mol. The molecule has 0 aliphatic carbocycles. The normalized spacial score (nSPS) is 12.7. The highest BCUT2D eigenvalue weighted by Crippen LogP contribution is 2.22. The van der Waals surface area contributed by atoms with Gasteiger partial charge >= 0.3 is 0 Å². The van der Waals surface area contributed by atoms with E-state index in [4.69, 9.17) is 23.2 Å². The van der Waals surface area contributed by atoms with Gasteiger partial charge in [-0.05, 0) is 76.1 Å². The van der Waals surface area contributed by atoms with Crippen LogP contribution in [0.25, 0.3) is 0 Å². The lowest BCUT2D eigenvalue weighted by Gasteiger charge is -2.32. The average Bonchev–Trinajstić information content (AvgIpc) is 2.73. The molecule has 0 saturated carbocycles. The standard InChI is InChI=1S/C25H33Cl2N3O4S/c1-18(24(32)28-25(2,3)4)29(17-19-8-6-9-21(27)16-19)23(31)10-7-15-30(35(5,33)34)22-13-11-20(26)12-14-22/h6,8-9,11-14,16,18H,7,10,15,17H2,1-5H3,(H,28,32). The van der Waals surface area contributed by atoms with E-state index in [2.05, 4.69) is 5.32 Å². The number of rotatable bonds is 10. The van der Waals surface area contributed by atoms with Crippen LogP contribution in [-0.2, 0) is 26.2 Å². The molecule has 2 rings (SSSR count).